The molecule has 0 amide bonds. The first-order chi connectivity index (χ1) is 7.36. The van der Waals surface area contributed by atoms with E-state index in [9.17, 15) is 0 Å². The lowest BCUT2D eigenvalue weighted by Crippen LogP contribution is -2.18. The van der Waals surface area contributed by atoms with Crippen LogP contribution in [0.3, 0.4) is 0 Å². The van der Waals surface area contributed by atoms with Crippen LogP contribution >= 0.6 is 0 Å². The molecule has 0 aromatic heterocycles. The van der Waals surface area contributed by atoms with Crippen molar-refractivity contribution in [1.82, 2.24) is 5.32 Å². The van der Waals surface area contributed by atoms with Crippen molar-refractivity contribution in [3.8, 4) is 0 Å². The smallest absolute Gasteiger partial charge is 0.0713 e. The summed E-state index contributed by atoms with van der Waals surface area (Å²) in [5.74, 6) is 0. The van der Waals surface area contributed by atoms with E-state index in [2.05, 4.69) is 29.6 Å². The largest absolute Gasteiger partial charge is 0.383 e. The van der Waals surface area contributed by atoms with Crippen LogP contribution in [0.5, 0.6) is 0 Å². The highest BCUT2D eigenvalue weighted by Crippen LogP contribution is 2.04. The molecule has 1 aromatic rings. The molecule has 0 aliphatic rings. The maximum atomic E-state index is 5.05. The third-order valence-corrected chi connectivity index (χ3v) is 2.15. The molecule has 3 heteroatoms. The van der Waals surface area contributed by atoms with Crippen molar-refractivity contribution < 1.29 is 9.47 Å². The standard InChI is InChI=1S/C12H19NO2/c1-14-8-7-13-9-11-3-5-12(6-4-11)10-15-2/h3-6,13H,7-10H2,1-2H3. The Morgan fingerprint density at radius 2 is 1.67 bits per heavy atom. The third kappa shape index (κ3) is 4.93. The van der Waals surface area contributed by atoms with Crippen LogP contribution in [0.25, 0.3) is 0 Å². The molecular weight excluding hydrogens is 190 g/mol. The molecule has 0 aliphatic heterocycles. The molecular formula is C12H19NO2. The van der Waals surface area contributed by atoms with Crippen molar-refractivity contribution in [2.45, 2.75) is 13.2 Å². The second kappa shape index (κ2) is 7.40. The van der Waals surface area contributed by atoms with Gasteiger partial charge in [-0.2, -0.15) is 0 Å². The highest BCUT2D eigenvalue weighted by molar-refractivity contribution is 5.21. The molecule has 0 spiro atoms. The Bertz CT molecular complexity index is 259. The lowest BCUT2D eigenvalue weighted by molar-refractivity contribution is 0.185. The van der Waals surface area contributed by atoms with Gasteiger partial charge in [0.2, 0.25) is 0 Å². The lowest BCUT2D eigenvalue weighted by atomic mass is 10.1. The number of benzene rings is 1. The second-order valence-corrected chi connectivity index (χ2v) is 3.42. The molecule has 0 saturated carbocycles. The molecule has 0 bridgehead atoms. The lowest BCUT2D eigenvalue weighted by Gasteiger charge is -2.05. The van der Waals surface area contributed by atoms with Crippen LogP contribution in [0.2, 0.25) is 0 Å². The van der Waals surface area contributed by atoms with Gasteiger partial charge in [-0.3, -0.25) is 0 Å². The van der Waals surface area contributed by atoms with E-state index in [1.165, 1.54) is 11.1 Å². The van der Waals surface area contributed by atoms with E-state index in [4.69, 9.17) is 9.47 Å². The minimum atomic E-state index is 0.678. The molecule has 1 aromatic carbocycles. The summed E-state index contributed by atoms with van der Waals surface area (Å²) in [6.07, 6.45) is 0. The summed E-state index contributed by atoms with van der Waals surface area (Å²) in [7, 11) is 3.42. The number of nitrogens with one attached hydrogen (secondary N) is 1. The van der Waals surface area contributed by atoms with Crippen molar-refractivity contribution in [2.24, 2.45) is 0 Å². The maximum Gasteiger partial charge on any atom is 0.0713 e. The number of methoxy groups -OCH3 is 2. The van der Waals surface area contributed by atoms with Crippen LogP contribution in [0.1, 0.15) is 11.1 Å². The molecule has 0 atom stereocenters. The monoisotopic (exact) mass is 209 g/mol. The molecule has 0 unspecified atom stereocenters. The fourth-order valence-electron chi connectivity index (χ4n) is 1.33. The Hall–Kier alpha value is -0.900. The maximum absolute atomic E-state index is 5.05. The second-order valence-electron chi connectivity index (χ2n) is 3.42. The van der Waals surface area contributed by atoms with E-state index in [-0.39, 0.29) is 0 Å². The molecule has 0 radical (unpaired) electrons. The number of hydrogen-bond acceptors (Lipinski definition) is 3. The SMILES string of the molecule is COCCNCc1ccc(COC)cc1. The highest BCUT2D eigenvalue weighted by atomic mass is 16.5. The molecule has 3 nitrogen and oxygen atoms in total. The number of hydrogen-bond donors (Lipinski definition) is 1. The summed E-state index contributed by atoms with van der Waals surface area (Å²) in [6.45, 7) is 3.20. The zero-order chi connectivity index (χ0) is 10.9. The zero-order valence-corrected chi connectivity index (χ0v) is 9.45. The predicted molar refractivity (Wildman–Crippen MR) is 60.7 cm³/mol. The first kappa shape index (κ1) is 12.2. The van der Waals surface area contributed by atoms with E-state index in [0.717, 1.165) is 19.7 Å². The average molecular weight is 209 g/mol. The topological polar surface area (TPSA) is 30.5 Å². The van der Waals surface area contributed by atoms with Crippen LogP contribution in [-0.4, -0.2) is 27.4 Å². The van der Waals surface area contributed by atoms with Gasteiger partial charge < -0.3 is 14.8 Å². The Morgan fingerprint density at radius 3 is 2.27 bits per heavy atom. The van der Waals surface area contributed by atoms with Gasteiger partial charge in [0.05, 0.1) is 13.2 Å². The molecule has 0 aliphatic carbocycles. The Morgan fingerprint density at radius 1 is 1.00 bits per heavy atom. The molecule has 0 fully saturated rings. The van der Waals surface area contributed by atoms with Crippen LogP contribution in [0.15, 0.2) is 24.3 Å². The van der Waals surface area contributed by atoms with Gasteiger partial charge >= 0.3 is 0 Å². The summed E-state index contributed by atoms with van der Waals surface area (Å²) < 4.78 is 10.0. The summed E-state index contributed by atoms with van der Waals surface area (Å²) in [6, 6.07) is 8.43. The van der Waals surface area contributed by atoms with Gasteiger partial charge in [-0.1, -0.05) is 24.3 Å². The van der Waals surface area contributed by atoms with E-state index in [0.29, 0.717) is 6.61 Å². The average Bonchev–Trinajstić information content (AvgIpc) is 2.27. The van der Waals surface area contributed by atoms with Crippen LogP contribution in [0.4, 0.5) is 0 Å². The molecule has 84 valence electrons. The minimum absolute atomic E-state index is 0.678. The molecule has 15 heavy (non-hydrogen) atoms. The van der Waals surface area contributed by atoms with Crippen LogP contribution in [-0.2, 0) is 22.6 Å². The first-order valence-corrected chi connectivity index (χ1v) is 5.13. The Balaban J connectivity index is 2.29. The van der Waals surface area contributed by atoms with Crippen LogP contribution < -0.4 is 5.32 Å². The van der Waals surface area contributed by atoms with Crippen molar-refractivity contribution in [1.29, 1.82) is 0 Å². The zero-order valence-electron chi connectivity index (χ0n) is 9.45. The fraction of sp³-hybridized carbons (Fsp3) is 0.500. The number of ether oxygens (including phenoxy) is 2. The van der Waals surface area contributed by atoms with Gasteiger partial charge in [0.1, 0.15) is 0 Å². The number of rotatable bonds is 7. The van der Waals surface area contributed by atoms with Crippen molar-refractivity contribution in [3.05, 3.63) is 35.4 Å². The van der Waals surface area contributed by atoms with Gasteiger partial charge in [0.15, 0.2) is 0 Å². The van der Waals surface area contributed by atoms with Crippen molar-refractivity contribution >= 4 is 0 Å². The molecule has 1 rings (SSSR count). The van der Waals surface area contributed by atoms with Crippen LogP contribution in [0, 0.1) is 0 Å². The van der Waals surface area contributed by atoms with Gasteiger partial charge in [-0.15, -0.1) is 0 Å². The van der Waals surface area contributed by atoms with Gasteiger partial charge in [0.25, 0.3) is 0 Å². The molecule has 0 heterocycles. The quantitative estimate of drug-likeness (QED) is 0.691. The van der Waals surface area contributed by atoms with Crippen molar-refractivity contribution in [3.63, 3.8) is 0 Å². The summed E-state index contributed by atoms with van der Waals surface area (Å²) in [4.78, 5) is 0. The van der Waals surface area contributed by atoms with E-state index < -0.39 is 0 Å². The fourth-order valence-corrected chi connectivity index (χ4v) is 1.33. The van der Waals surface area contributed by atoms with E-state index >= 15 is 0 Å². The third-order valence-electron chi connectivity index (χ3n) is 2.15. The van der Waals surface area contributed by atoms with E-state index in [1.807, 2.05) is 0 Å². The molecule has 0 saturated heterocycles. The Labute approximate surface area is 91.4 Å². The van der Waals surface area contributed by atoms with E-state index in [1.54, 1.807) is 14.2 Å². The molecule has 1 N–H and O–H groups in total. The normalized spacial score (nSPS) is 10.5. The Kier molecular flexibility index (Phi) is 6.00. The van der Waals surface area contributed by atoms with Gasteiger partial charge in [-0.05, 0) is 11.1 Å². The van der Waals surface area contributed by atoms with Crippen molar-refractivity contribution in [2.75, 3.05) is 27.4 Å². The first-order valence-electron chi connectivity index (χ1n) is 5.13. The van der Waals surface area contributed by atoms with Gasteiger partial charge in [0, 0.05) is 27.3 Å². The predicted octanol–water partition coefficient (Wildman–Crippen LogP) is 1.57. The summed E-state index contributed by atoms with van der Waals surface area (Å²) in [5.41, 5.74) is 2.49. The summed E-state index contributed by atoms with van der Waals surface area (Å²) in [5, 5.41) is 3.30. The minimum Gasteiger partial charge on any atom is -0.383 e. The summed E-state index contributed by atoms with van der Waals surface area (Å²) >= 11 is 0. The van der Waals surface area contributed by atoms with Gasteiger partial charge in [-0.25, -0.2) is 0 Å². The highest BCUT2D eigenvalue weighted by Gasteiger charge is 1.94.